The summed E-state index contributed by atoms with van der Waals surface area (Å²) in [4.78, 5) is 20.4. The first-order valence-electron chi connectivity index (χ1n) is 9.47. The molecule has 1 aliphatic heterocycles. The molecule has 7 heteroatoms. The summed E-state index contributed by atoms with van der Waals surface area (Å²) in [6, 6.07) is 15.3. The first kappa shape index (κ1) is 19.6. The van der Waals surface area contributed by atoms with Crippen LogP contribution in [0.15, 0.2) is 54.7 Å². The highest BCUT2D eigenvalue weighted by atomic mass is 35.5. The predicted molar refractivity (Wildman–Crippen MR) is 123 cm³/mol. The molecule has 2 aromatic carbocycles. The highest BCUT2D eigenvalue weighted by molar-refractivity contribution is 7.80. The van der Waals surface area contributed by atoms with E-state index in [1.54, 1.807) is 6.92 Å². The number of halogens is 1. The number of carbonyl (C=O) groups is 1. The number of anilines is 2. The zero-order valence-corrected chi connectivity index (χ0v) is 17.6. The van der Waals surface area contributed by atoms with Gasteiger partial charge < -0.3 is 15.1 Å². The number of benzene rings is 2. The Morgan fingerprint density at radius 3 is 2.48 bits per heavy atom. The molecule has 3 aromatic rings. The van der Waals surface area contributed by atoms with Gasteiger partial charge in [0.05, 0.1) is 5.52 Å². The van der Waals surface area contributed by atoms with Crippen molar-refractivity contribution in [1.82, 2.24) is 9.88 Å². The second-order valence-electron chi connectivity index (χ2n) is 7.03. The van der Waals surface area contributed by atoms with Crippen LogP contribution < -0.4 is 10.2 Å². The first-order chi connectivity index (χ1) is 14.0. The molecule has 29 heavy (non-hydrogen) atoms. The third-order valence-electron chi connectivity index (χ3n) is 5.13. The number of ketones is 1. The van der Waals surface area contributed by atoms with E-state index >= 15 is 0 Å². The highest BCUT2D eigenvalue weighted by Crippen LogP contribution is 2.28. The van der Waals surface area contributed by atoms with Crippen LogP contribution in [-0.4, -0.2) is 47.0 Å². The maximum atomic E-state index is 11.4. The fourth-order valence-electron chi connectivity index (χ4n) is 3.52. The molecule has 1 N–H and O–H groups in total. The summed E-state index contributed by atoms with van der Waals surface area (Å²) < 4.78 is 0. The second-order valence-corrected chi connectivity index (χ2v) is 7.85. The van der Waals surface area contributed by atoms with Crippen molar-refractivity contribution < 1.29 is 4.79 Å². The van der Waals surface area contributed by atoms with Crippen LogP contribution >= 0.6 is 23.8 Å². The Kier molecular flexibility index (Phi) is 5.65. The average molecular weight is 425 g/mol. The van der Waals surface area contributed by atoms with Gasteiger partial charge in [0.15, 0.2) is 10.9 Å². The summed E-state index contributed by atoms with van der Waals surface area (Å²) >= 11 is 11.7. The SMILES string of the molecule is CC(=O)c1ccc(NC(=S)N2CCN(c3ccnc4cc(Cl)ccc34)CC2)cc1. The summed E-state index contributed by atoms with van der Waals surface area (Å²) in [5.41, 5.74) is 3.66. The van der Waals surface area contributed by atoms with Crippen molar-refractivity contribution in [3.8, 4) is 0 Å². The van der Waals surface area contributed by atoms with Crippen molar-refractivity contribution in [3.05, 3.63) is 65.3 Å². The van der Waals surface area contributed by atoms with Gasteiger partial charge in [-0.25, -0.2) is 0 Å². The minimum Gasteiger partial charge on any atom is -0.367 e. The van der Waals surface area contributed by atoms with Crippen LogP contribution in [0.3, 0.4) is 0 Å². The Bertz CT molecular complexity index is 1060. The number of carbonyl (C=O) groups excluding carboxylic acids is 1. The van der Waals surface area contributed by atoms with E-state index in [0.29, 0.717) is 15.7 Å². The Morgan fingerprint density at radius 1 is 1.07 bits per heavy atom. The van der Waals surface area contributed by atoms with Crippen LogP contribution in [0.2, 0.25) is 5.02 Å². The number of hydrogen-bond acceptors (Lipinski definition) is 4. The number of rotatable bonds is 3. The van der Waals surface area contributed by atoms with Crippen molar-refractivity contribution in [2.24, 2.45) is 0 Å². The number of nitrogens with one attached hydrogen (secondary N) is 1. The van der Waals surface area contributed by atoms with E-state index in [1.807, 2.05) is 48.7 Å². The smallest absolute Gasteiger partial charge is 0.173 e. The number of piperazine rings is 1. The fourth-order valence-corrected chi connectivity index (χ4v) is 3.99. The van der Waals surface area contributed by atoms with E-state index < -0.39 is 0 Å². The molecule has 1 fully saturated rings. The molecule has 0 aliphatic carbocycles. The van der Waals surface area contributed by atoms with Gasteiger partial charge in [-0.05, 0) is 67.7 Å². The van der Waals surface area contributed by atoms with Gasteiger partial charge in [0.2, 0.25) is 0 Å². The molecule has 0 unspecified atom stereocenters. The van der Waals surface area contributed by atoms with Gasteiger partial charge in [0.25, 0.3) is 0 Å². The number of Topliss-reactive ketones (excluding diaryl/α,β-unsaturated/α-hetero) is 1. The number of aromatic nitrogens is 1. The number of fused-ring (bicyclic) bond motifs is 1. The molecule has 1 saturated heterocycles. The lowest BCUT2D eigenvalue weighted by Crippen LogP contribution is -2.50. The van der Waals surface area contributed by atoms with E-state index in [9.17, 15) is 4.79 Å². The first-order valence-corrected chi connectivity index (χ1v) is 10.3. The van der Waals surface area contributed by atoms with E-state index in [0.717, 1.165) is 42.8 Å². The summed E-state index contributed by atoms with van der Waals surface area (Å²) in [5, 5.41) is 5.77. The van der Waals surface area contributed by atoms with Crippen molar-refractivity contribution in [1.29, 1.82) is 0 Å². The van der Waals surface area contributed by atoms with E-state index in [-0.39, 0.29) is 5.78 Å². The van der Waals surface area contributed by atoms with Gasteiger partial charge in [-0.3, -0.25) is 9.78 Å². The normalized spacial score (nSPS) is 14.1. The number of nitrogens with zero attached hydrogens (tertiary/aromatic N) is 3. The predicted octanol–water partition coefficient (Wildman–Crippen LogP) is 4.61. The summed E-state index contributed by atoms with van der Waals surface area (Å²) in [5.74, 6) is 0.0566. The minimum absolute atomic E-state index is 0.0566. The second kappa shape index (κ2) is 8.35. The highest BCUT2D eigenvalue weighted by Gasteiger charge is 2.20. The van der Waals surface area contributed by atoms with Crippen LogP contribution in [0.25, 0.3) is 10.9 Å². The quantitative estimate of drug-likeness (QED) is 0.489. The largest absolute Gasteiger partial charge is 0.367 e. The molecule has 0 bridgehead atoms. The zero-order valence-electron chi connectivity index (χ0n) is 16.1. The van der Waals surface area contributed by atoms with E-state index in [1.165, 1.54) is 5.69 Å². The molecular weight excluding hydrogens is 404 g/mol. The Labute approximate surface area is 180 Å². The fraction of sp³-hybridized carbons (Fsp3) is 0.227. The minimum atomic E-state index is 0.0566. The summed E-state index contributed by atoms with van der Waals surface area (Å²) in [7, 11) is 0. The lowest BCUT2D eigenvalue weighted by atomic mass is 10.1. The monoisotopic (exact) mass is 424 g/mol. The van der Waals surface area contributed by atoms with Gasteiger partial charge >= 0.3 is 0 Å². The van der Waals surface area contributed by atoms with Gasteiger partial charge in [-0.1, -0.05) is 11.6 Å². The molecule has 5 nitrogen and oxygen atoms in total. The third kappa shape index (κ3) is 4.33. The van der Waals surface area contributed by atoms with Crippen molar-refractivity contribution >= 4 is 57.0 Å². The summed E-state index contributed by atoms with van der Waals surface area (Å²) in [6.07, 6.45) is 1.83. The van der Waals surface area contributed by atoms with Gasteiger partial charge in [-0.2, -0.15) is 0 Å². The lowest BCUT2D eigenvalue weighted by molar-refractivity contribution is 0.101. The molecule has 0 saturated carbocycles. The van der Waals surface area contributed by atoms with Crippen molar-refractivity contribution in [3.63, 3.8) is 0 Å². The maximum absolute atomic E-state index is 11.4. The van der Waals surface area contributed by atoms with Crippen LogP contribution in [0.1, 0.15) is 17.3 Å². The topological polar surface area (TPSA) is 48.5 Å². The maximum Gasteiger partial charge on any atom is 0.173 e. The summed E-state index contributed by atoms with van der Waals surface area (Å²) in [6.45, 7) is 4.95. The Balaban J connectivity index is 1.40. The molecule has 0 radical (unpaired) electrons. The van der Waals surface area contributed by atoms with E-state index in [2.05, 4.69) is 26.2 Å². The third-order valence-corrected chi connectivity index (χ3v) is 5.73. The molecule has 2 heterocycles. The van der Waals surface area contributed by atoms with Crippen LogP contribution in [0.4, 0.5) is 11.4 Å². The molecule has 1 aromatic heterocycles. The van der Waals surface area contributed by atoms with Gasteiger partial charge in [0.1, 0.15) is 0 Å². The molecule has 0 spiro atoms. The van der Waals surface area contributed by atoms with Crippen LogP contribution in [0.5, 0.6) is 0 Å². The van der Waals surface area contributed by atoms with E-state index in [4.69, 9.17) is 23.8 Å². The Morgan fingerprint density at radius 2 is 1.79 bits per heavy atom. The molecule has 0 atom stereocenters. The van der Waals surface area contributed by atoms with Crippen LogP contribution in [0, 0.1) is 0 Å². The van der Waals surface area contributed by atoms with Gasteiger partial charge in [0, 0.05) is 59.7 Å². The van der Waals surface area contributed by atoms with Crippen molar-refractivity contribution in [2.75, 3.05) is 36.4 Å². The number of hydrogen-bond donors (Lipinski definition) is 1. The number of thiocarbonyl (C=S) groups is 1. The average Bonchev–Trinajstić information content (AvgIpc) is 2.73. The molecule has 4 rings (SSSR count). The zero-order chi connectivity index (χ0) is 20.4. The lowest BCUT2D eigenvalue weighted by Gasteiger charge is -2.37. The van der Waals surface area contributed by atoms with Crippen molar-refractivity contribution in [2.45, 2.75) is 6.92 Å². The van der Waals surface area contributed by atoms with Crippen LogP contribution in [-0.2, 0) is 0 Å². The van der Waals surface area contributed by atoms with Gasteiger partial charge in [-0.15, -0.1) is 0 Å². The molecule has 1 aliphatic rings. The molecule has 148 valence electrons. The molecule has 0 amide bonds. The molecular formula is C22H21ClN4OS. The number of pyridine rings is 1. The standard InChI is InChI=1S/C22H21ClN4OS/c1-15(28)16-2-5-18(6-3-16)25-22(29)27-12-10-26(11-13-27)21-8-9-24-20-14-17(23)4-7-19(20)21/h2-9,14H,10-13H2,1H3,(H,25,29). The Hall–Kier alpha value is -2.70.